The van der Waals surface area contributed by atoms with E-state index in [1.807, 2.05) is 0 Å². The van der Waals surface area contributed by atoms with Gasteiger partial charge in [-0.3, -0.25) is 0 Å². The van der Waals surface area contributed by atoms with Crippen LogP contribution in [0.3, 0.4) is 0 Å². The van der Waals surface area contributed by atoms with Gasteiger partial charge in [0.15, 0.2) is 0 Å². The molecule has 0 aliphatic carbocycles. The molecule has 1 aliphatic heterocycles. The van der Waals surface area contributed by atoms with Gasteiger partial charge in [-0.15, -0.1) is 0 Å². The van der Waals surface area contributed by atoms with Crippen LogP contribution in [0.5, 0.6) is 5.75 Å². The van der Waals surface area contributed by atoms with Crippen LogP contribution < -0.4 is 4.74 Å². The summed E-state index contributed by atoms with van der Waals surface area (Å²) >= 11 is 0. The molecule has 0 spiro atoms. The van der Waals surface area contributed by atoms with E-state index in [1.165, 1.54) is 33.4 Å². The van der Waals surface area contributed by atoms with Crippen molar-refractivity contribution in [3.05, 3.63) is 52.6 Å². The molecule has 2 aromatic rings. The molecule has 0 atom stereocenters. The fraction of sp³-hybridized carbons (Fsp3) is 0.333. The lowest BCUT2D eigenvalue weighted by Crippen LogP contribution is -2.29. The highest BCUT2D eigenvalue weighted by Crippen LogP contribution is 2.46. The maximum Gasteiger partial charge on any atom is 0.129 e. The molecule has 1 aliphatic rings. The molecular formula is C18H20O. The van der Waals surface area contributed by atoms with Crippen molar-refractivity contribution in [3.8, 4) is 16.9 Å². The molecule has 1 heterocycles. The SMILES string of the molecule is Cc1ccc2c(c1)C(C)(C)Oc1cc(C)c(C)cc1-2. The first-order chi connectivity index (χ1) is 8.88. The van der Waals surface area contributed by atoms with Crippen molar-refractivity contribution in [2.75, 3.05) is 0 Å². The van der Waals surface area contributed by atoms with Gasteiger partial charge in [0, 0.05) is 11.1 Å². The van der Waals surface area contributed by atoms with E-state index in [9.17, 15) is 0 Å². The summed E-state index contributed by atoms with van der Waals surface area (Å²) in [6.45, 7) is 10.7. The van der Waals surface area contributed by atoms with Crippen LogP contribution in [0.15, 0.2) is 30.3 Å². The summed E-state index contributed by atoms with van der Waals surface area (Å²) in [5.74, 6) is 1.00. The first-order valence-corrected chi connectivity index (χ1v) is 6.80. The minimum absolute atomic E-state index is 0.268. The van der Waals surface area contributed by atoms with Crippen LogP contribution in [0.2, 0.25) is 0 Å². The number of aryl methyl sites for hydroxylation is 3. The average molecular weight is 252 g/mol. The fourth-order valence-electron chi connectivity index (χ4n) is 2.81. The van der Waals surface area contributed by atoms with E-state index in [2.05, 4.69) is 65.0 Å². The van der Waals surface area contributed by atoms with Gasteiger partial charge in [-0.1, -0.05) is 23.8 Å². The van der Waals surface area contributed by atoms with Gasteiger partial charge in [-0.25, -0.2) is 0 Å². The molecule has 0 amide bonds. The summed E-state index contributed by atoms with van der Waals surface area (Å²) in [5, 5.41) is 0. The van der Waals surface area contributed by atoms with Crippen LogP contribution in [0.4, 0.5) is 0 Å². The van der Waals surface area contributed by atoms with Gasteiger partial charge in [0.1, 0.15) is 11.4 Å². The molecule has 0 fully saturated rings. The number of ether oxygens (including phenoxy) is 1. The van der Waals surface area contributed by atoms with Gasteiger partial charge in [-0.05, 0) is 63.4 Å². The lowest BCUT2D eigenvalue weighted by atomic mass is 9.84. The molecular weight excluding hydrogens is 232 g/mol. The summed E-state index contributed by atoms with van der Waals surface area (Å²) in [5.41, 5.74) is 7.41. The number of rotatable bonds is 0. The zero-order valence-corrected chi connectivity index (χ0v) is 12.3. The summed E-state index contributed by atoms with van der Waals surface area (Å²) in [7, 11) is 0. The van der Waals surface area contributed by atoms with E-state index >= 15 is 0 Å². The van der Waals surface area contributed by atoms with Gasteiger partial charge in [0.25, 0.3) is 0 Å². The van der Waals surface area contributed by atoms with Gasteiger partial charge in [0.2, 0.25) is 0 Å². The molecule has 2 aromatic carbocycles. The van der Waals surface area contributed by atoms with E-state index in [4.69, 9.17) is 4.74 Å². The second kappa shape index (κ2) is 3.86. The Morgan fingerprint density at radius 1 is 0.842 bits per heavy atom. The van der Waals surface area contributed by atoms with Crippen molar-refractivity contribution in [3.63, 3.8) is 0 Å². The zero-order valence-electron chi connectivity index (χ0n) is 12.3. The summed E-state index contributed by atoms with van der Waals surface area (Å²) in [4.78, 5) is 0. The van der Waals surface area contributed by atoms with Gasteiger partial charge < -0.3 is 4.74 Å². The van der Waals surface area contributed by atoms with Crippen LogP contribution >= 0.6 is 0 Å². The molecule has 0 bridgehead atoms. The highest BCUT2D eigenvalue weighted by molar-refractivity contribution is 5.78. The van der Waals surface area contributed by atoms with E-state index < -0.39 is 0 Å². The van der Waals surface area contributed by atoms with Crippen molar-refractivity contribution in [1.82, 2.24) is 0 Å². The third-order valence-electron chi connectivity index (χ3n) is 4.07. The topological polar surface area (TPSA) is 9.23 Å². The van der Waals surface area contributed by atoms with Crippen LogP contribution in [-0.2, 0) is 5.60 Å². The predicted octanol–water partition coefficient (Wildman–Crippen LogP) is 4.91. The van der Waals surface area contributed by atoms with E-state index in [-0.39, 0.29) is 5.60 Å². The second-order valence-corrected chi connectivity index (χ2v) is 6.09. The Bertz CT molecular complexity index is 666. The smallest absolute Gasteiger partial charge is 0.129 e. The van der Waals surface area contributed by atoms with E-state index in [0.717, 1.165) is 5.75 Å². The molecule has 1 nitrogen and oxygen atoms in total. The van der Waals surface area contributed by atoms with Crippen LogP contribution in [0.1, 0.15) is 36.1 Å². The first kappa shape index (κ1) is 12.3. The third kappa shape index (κ3) is 1.85. The Balaban J connectivity index is 2.33. The minimum Gasteiger partial charge on any atom is -0.482 e. The van der Waals surface area contributed by atoms with Crippen LogP contribution in [0.25, 0.3) is 11.1 Å². The highest BCUT2D eigenvalue weighted by atomic mass is 16.5. The Hall–Kier alpha value is -1.76. The molecule has 0 aromatic heterocycles. The Labute approximate surface area is 115 Å². The van der Waals surface area contributed by atoms with Crippen molar-refractivity contribution < 1.29 is 4.74 Å². The normalized spacial score (nSPS) is 15.4. The maximum absolute atomic E-state index is 6.24. The largest absolute Gasteiger partial charge is 0.482 e. The zero-order chi connectivity index (χ0) is 13.8. The van der Waals surface area contributed by atoms with E-state index in [0.29, 0.717) is 0 Å². The van der Waals surface area contributed by atoms with E-state index in [1.54, 1.807) is 0 Å². The van der Waals surface area contributed by atoms with Crippen LogP contribution in [0, 0.1) is 20.8 Å². The average Bonchev–Trinajstić information content (AvgIpc) is 2.32. The Morgan fingerprint density at radius 3 is 2.26 bits per heavy atom. The number of hydrogen-bond donors (Lipinski definition) is 0. The molecule has 0 N–H and O–H groups in total. The first-order valence-electron chi connectivity index (χ1n) is 6.80. The molecule has 98 valence electrons. The Morgan fingerprint density at radius 2 is 1.53 bits per heavy atom. The molecule has 0 unspecified atom stereocenters. The van der Waals surface area contributed by atoms with Crippen molar-refractivity contribution in [2.24, 2.45) is 0 Å². The molecule has 0 radical (unpaired) electrons. The standard InChI is InChI=1S/C18H20O/c1-11-6-7-14-15-9-12(2)13(3)10-17(15)19-18(4,5)16(14)8-11/h6-10H,1-5H3. The molecule has 3 rings (SSSR count). The number of benzene rings is 2. The molecule has 1 heteroatoms. The highest BCUT2D eigenvalue weighted by Gasteiger charge is 2.32. The molecule has 0 saturated heterocycles. The number of fused-ring (bicyclic) bond motifs is 3. The quantitative estimate of drug-likeness (QED) is 0.647. The third-order valence-corrected chi connectivity index (χ3v) is 4.07. The van der Waals surface area contributed by atoms with Crippen molar-refractivity contribution in [1.29, 1.82) is 0 Å². The monoisotopic (exact) mass is 252 g/mol. The summed E-state index contributed by atoms with van der Waals surface area (Å²) in [6.07, 6.45) is 0. The summed E-state index contributed by atoms with van der Waals surface area (Å²) in [6, 6.07) is 11.1. The minimum atomic E-state index is -0.268. The van der Waals surface area contributed by atoms with Crippen molar-refractivity contribution in [2.45, 2.75) is 40.2 Å². The number of hydrogen-bond acceptors (Lipinski definition) is 1. The fourth-order valence-corrected chi connectivity index (χ4v) is 2.81. The second-order valence-electron chi connectivity index (χ2n) is 6.09. The molecule has 0 saturated carbocycles. The Kier molecular flexibility index (Phi) is 2.50. The lowest BCUT2D eigenvalue weighted by Gasteiger charge is -2.35. The molecule has 19 heavy (non-hydrogen) atoms. The maximum atomic E-state index is 6.24. The van der Waals surface area contributed by atoms with Gasteiger partial charge >= 0.3 is 0 Å². The predicted molar refractivity (Wildman–Crippen MR) is 79.7 cm³/mol. The lowest BCUT2D eigenvalue weighted by molar-refractivity contribution is 0.105. The van der Waals surface area contributed by atoms with Crippen LogP contribution in [-0.4, -0.2) is 0 Å². The van der Waals surface area contributed by atoms with Gasteiger partial charge in [0.05, 0.1) is 0 Å². The van der Waals surface area contributed by atoms with Crippen molar-refractivity contribution >= 4 is 0 Å². The summed E-state index contributed by atoms with van der Waals surface area (Å²) < 4.78 is 6.24. The van der Waals surface area contributed by atoms with Gasteiger partial charge in [-0.2, -0.15) is 0 Å².